The summed E-state index contributed by atoms with van der Waals surface area (Å²) in [6.07, 6.45) is 1.49. The molecule has 1 heterocycles. The molecule has 0 saturated heterocycles. The second-order valence-electron chi connectivity index (χ2n) is 7.22. The molecule has 0 aliphatic rings. The van der Waals surface area contributed by atoms with Gasteiger partial charge in [0, 0.05) is 5.69 Å². The number of carboxylic acid groups (broad SMARTS) is 1. The lowest BCUT2D eigenvalue weighted by Crippen LogP contribution is -2.25. The van der Waals surface area contributed by atoms with E-state index < -0.39 is 5.97 Å². The first-order chi connectivity index (χ1) is 15.9. The smallest absolute Gasteiger partial charge is 0.371 e. The number of methoxy groups -OCH3 is 1. The molecule has 0 radical (unpaired) electrons. The molecule has 2 aromatic carbocycles. The molecule has 0 saturated carbocycles. The Kier molecular flexibility index (Phi) is 7.69. The first kappa shape index (κ1) is 23.4. The summed E-state index contributed by atoms with van der Waals surface area (Å²) >= 11 is 0. The van der Waals surface area contributed by atoms with Crippen molar-refractivity contribution >= 4 is 23.8 Å². The summed E-state index contributed by atoms with van der Waals surface area (Å²) in [5.74, 6) is -0.307. The highest BCUT2D eigenvalue weighted by Crippen LogP contribution is 2.28. The molecule has 1 aromatic heterocycles. The molecule has 9 nitrogen and oxygen atoms in total. The zero-order valence-corrected chi connectivity index (χ0v) is 18.5. The van der Waals surface area contributed by atoms with Gasteiger partial charge in [0.25, 0.3) is 5.91 Å². The Hall–Kier alpha value is -4.27. The Morgan fingerprint density at radius 3 is 2.58 bits per heavy atom. The summed E-state index contributed by atoms with van der Waals surface area (Å²) in [5.41, 5.74) is 6.36. The molecule has 0 aliphatic heterocycles. The minimum absolute atomic E-state index is 0.0423. The summed E-state index contributed by atoms with van der Waals surface area (Å²) in [6, 6.07) is 13.9. The summed E-state index contributed by atoms with van der Waals surface area (Å²) in [6.45, 7) is 4.18. The number of carbonyl (C=O) groups excluding carboxylic acids is 1. The maximum absolute atomic E-state index is 12.0. The largest absolute Gasteiger partial charge is 0.493 e. The number of benzene rings is 2. The molecule has 0 fully saturated rings. The van der Waals surface area contributed by atoms with Crippen LogP contribution in [0.15, 0.2) is 58.0 Å². The first-order valence-corrected chi connectivity index (χ1v) is 10.1. The number of nitrogens with one attached hydrogen (secondary N) is 2. The van der Waals surface area contributed by atoms with Crippen LogP contribution in [0.1, 0.15) is 33.0 Å². The molecule has 0 spiro atoms. The number of hydrazone groups is 1. The summed E-state index contributed by atoms with van der Waals surface area (Å²) in [7, 11) is 1.50. The number of rotatable bonds is 10. The third-order valence-electron chi connectivity index (χ3n) is 4.79. The van der Waals surface area contributed by atoms with Crippen LogP contribution in [0.4, 0.5) is 5.69 Å². The Morgan fingerprint density at radius 2 is 1.88 bits per heavy atom. The molecule has 172 valence electrons. The van der Waals surface area contributed by atoms with Crippen LogP contribution < -0.4 is 20.2 Å². The van der Waals surface area contributed by atoms with Gasteiger partial charge in [-0.3, -0.25) is 4.79 Å². The number of amides is 1. The molecule has 3 rings (SSSR count). The lowest BCUT2D eigenvalue weighted by molar-refractivity contribution is -0.119. The van der Waals surface area contributed by atoms with Crippen molar-refractivity contribution < 1.29 is 28.6 Å². The molecule has 9 heteroatoms. The maximum atomic E-state index is 12.0. The second-order valence-corrected chi connectivity index (χ2v) is 7.22. The number of carboxylic acids is 1. The predicted octanol–water partition coefficient (Wildman–Crippen LogP) is 3.74. The van der Waals surface area contributed by atoms with Crippen molar-refractivity contribution in [3.05, 3.63) is 76.7 Å². The molecule has 3 aromatic rings. The normalized spacial score (nSPS) is 10.8. The highest BCUT2D eigenvalue weighted by atomic mass is 16.5. The first-order valence-electron chi connectivity index (χ1n) is 10.1. The number of hydrogen-bond acceptors (Lipinski definition) is 7. The van der Waals surface area contributed by atoms with Gasteiger partial charge in [-0.05, 0) is 73.0 Å². The number of furan rings is 1. The van der Waals surface area contributed by atoms with Gasteiger partial charge in [-0.25, -0.2) is 10.2 Å². The number of carbonyl (C=O) groups is 2. The third kappa shape index (κ3) is 6.60. The zero-order chi connectivity index (χ0) is 23.8. The van der Waals surface area contributed by atoms with Crippen molar-refractivity contribution in [3.8, 4) is 11.5 Å². The Labute approximate surface area is 191 Å². The van der Waals surface area contributed by atoms with Gasteiger partial charge >= 0.3 is 5.97 Å². The van der Waals surface area contributed by atoms with E-state index in [0.717, 1.165) is 11.3 Å². The van der Waals surface area contributed by atoms with Crippen LogP contribution in [0.3, 0.4) is 0 Å². The monoisotopic (exact) mass is 451 g/mol. The molecular formula is C24H25N3O6. The van der Waals surface area contributed by atoms with Crippen LogP contribution in [0.5, 0.6) is 11.5 Å². The average molecular weight is 451 g/mol. The lowest BCUT2D eigenvalue weighted by Gasteiger charge is -2.10. The van der Waals surface area contributed by atoms with Gasteiger partial charge in [-0.2, -0.15) is 5.10 Å². The highest BCUT2D eigenvalue weighted by molar-refractivity contribution is 5.85. The van der Waals surface area contributed by atoms with E-state index in [1.54, 1.807) is 18.2 Å². The van der Waals surface area contributed by atoms with Crippen molar-refractivity contribution in [3.63, 3.8) is 0 Å². The van der Waals surface area contributed by atoms with E-state index in [1.807, 2.05) is 32.0 Å². The minimum atomic E-state index is -1.14. The lowest BCUT2D eigenvalue weighted by atomic mass is 10.1. The Bertz CT molecular complexity index is 1170. The number of nitrogens with zero attached hydrogens (tertiary/aromatic N) is 1. The van der Waals surface area contributed by atoms with Gasteiger partial charge in [0.15, 0.2) is 11.5 Å². The fraction of sp³-hybridized carbons (Fsp3) is 0.208. The molecular weight excluding hydrogens is 426 g/mol. The van der Waals surface area contributed by atoms with Crippen molar-refractivity contribution in [2.45, 2.75) is 20.5 Å². The van der Waals surface area contributed by atoms with Gasteiger partial charge in [-0.1, -0.05) is 6.07 Å². The van der Waals surface area contributed by atoms with Crippen LogP contribution in [0.25, 0.3) is 0 Å². The SMILES string of the molecule is COc1cc(C=NNC(=O)CNc2ccc(C)c(C)c2)ccc1OCc1ccc(C(=O)O)o1. The van der Waals surface area contributed by atoms with Crippen molar-refractivity contribution in [1.82, 2.24) is 5.43 Å². The van der Waals surface area contributed by atoms with Crippen LogP contribution >= 0.6 is 0 Å². The van der Waals surface area contributed by atoms with Gasteiger partial charge in [0.1, 0.15) is 12.4 Å². The van der Waals surface area contributed by atoms with Crippen molar-refractivity contribution in [2.24, 2.45) is 5.10 Å². The van der Waals surface area contributed by atoms with E-state index in [0.29, 0.717) is 22.8 Å². The van der Waals surface area contributed by atoms with E-state index >= 15 is 0 Å². The fourth-order valence-electron chi connectivity index (χ4n) is 2.86. The van der Waals surface area contributed by atoms with Crippen LogP contribution in [-0.2, 0) is 11.4 Å². The zero-order valence-electron chi connectivity index (χ0n) is 18.5. The topological polar surface area (TPSA) is 122 Å². The number of ether oxygens (including phenoxy) is 2. The van der Waals surface area contributed by atoms with E-state index in [-0.39, 0.29) is 24.8 Å². The molecule has 3 N–H and O–H groups in total. The minimum Gasteiger partial charge on any atom is -0.493 e. The fourth-order valence-corrected chi connectivity index (χ4v) is 2.86. The second kappa shape index (κ2) is 10.9. The van der Waals surface area contributed by atoms with Gasteiger partial charge in [0.2, 0.25) is 5.76 Å². The van der Waals surface area contributed by atoms with Crippen LogP contribution in [0.2, 0.25) is 0 Å². The van der Waals surface area contributed by atoms with E-state index in [1.165, 1.54) is 31.0 Å². The van der Waals surface area contributed by atoms with Crippen molar-refractivity contribution in [1.29, 1.82) is 0 Å². The van der Waals surface area contributed by atoms with Crippen LogP contribution in [-0.4, -0.2) is 36.9 Å². The molecule has 1 amide bonds. The number of aromatic carboxylic acids is 1. The Morgan fingerprint density at radius 1 is 1.06 bits per heavy atom. The third-order valence-corrected chi connectivity index (χ3v) is 4.79. The summed E-state index contributed by atoms with van der Waals surface area (Å²) in [4.78, 5) is 22.9. The quantitative estimate of drug-likeness (QED) is 0.317. The molecule has 0 unspecified atom stereocenters. The highest BCUT2D eigenvalue weighted by Gasteiger charge is 2.11. The standard InChI is InChI=1S/C24H25N3O6/c1-15-4-6-18(10-16(15)2)25-13-23(28)27-26-12-17-5-8-20(22(11-17)31-3)32-14-19-7-9-21(33-19)24(29)30/h4-12,25H,13-14H2,1-3H3,(H,27,28)(H,29,30). The van der Waals surface area contributed by atoms with E-state index in [9.17, 15) is 9.59 Å². The summed E-state index contributed by atoms with van der Waals surface area (Å²) in [5, 5.41) is 15.9. The number of hydrogen-bond donors (Lipinski definition) is 3. The van der Waals surface area contributed by atoms with Gasteiger partial charge in [0.05, 0.1) is 19.9 Å². The molecule has 33 heavy (non-hydrogen) atoms. The number of aryl methyl sites for hydroxylation is 2. The number of anilines is 1. The van der Waals surface area contributed by atoms with Gasteiger partial charge < -0.3 is 24.3 Å². The Balaban J connectivity index is 1.52. The maximum Gasteiger partial charge on any atom is 0.371 e. The average Bonchev–Trinajstić information content (AvgIpc) is 3.28. The summed E-state index contributed by atoms with van der Waals surface area (Å²) < 4.78 is 16.2. The molecule has 0 aliphatic carbocycles. The van der Waals surface area contributed by atoms with E-state index in [2.05, 4.69) is 15.8 Å². The molecule has 0 bridgehead atoms. The van der Waals surface area contributed by atoms with Crippen LogP contribution in [0, 0.1) is 13.8 Å². The van der Waals surface area contributed by atoms with Gasteiger partial charge in [-0.15, -0.1) is 0 Å². The van der Waals surface area contributed by atoms with E-state index in [4.69, 9.17) is 19.0 Å². The predicted molar refractivity (Wildman–Crippen MR) is 123 cm³/mol. The molecule has 0 atom stereocenters. The van der Waals surface area contributed by atoms with Crippen molar-refractivity contribution in [2.75, 3.05) is 19.0 Å².